The second-order valence-electron chi connectivity index (χ2n) is 9.56. The molecule has 34 heavy (non-hydrogen) atoms. The highest BCUT2D eigenvalue weighted by Gasteiger charge is 2.51. The molecule has 5 rings (SSSR count). The van der Waals surface area contributed by atoms with Gasteiger partial charge in [0.2, 0.25) is 5.91 Å². The molecule has 1 aliphatic carbocycles. The summed E-state index contributed by atoms with van der Waals surface area (Å²) in [5, 5.41) is 12.3. The fraction of sp³-hybridized carbons (Fsp3) is 0.444. The van der Waals surface area contributed by atoms with Gasteiger partial charge in [-0.05, 0) is 47.9 Å². The molecule has 0 spiro atoms. The number of fused-ring (bicyclic) bond motifs is 5. The van der Waals surface area contributed by atoms with Gasteiger partial charge in [0, 0.05) is 30.5 Å². The Kier molecular flexibility index (Phi) is 6.02. The SMILES string of the molecule is CC[C@@H](CC(=O)N1C2CCC1C(C(=O)O)C2)NC(=O)OCC1c2ccccc2-c2ccccc21. The van der Waals surface area contributed by atoms with Gasteiger partial charge in [0.25, 0.3) is 0 Å². The highest BCUT2D eigenvalue weighted by atomic mass is 16.5. The fourth-order valence-electron chi connectivity index (χ4n) is 6.06. The van der Waals surface area contributed by atoms with Gasteiger partial charge in [0.15, 0.2) is 0 Å². The Morgan fingerprint density at radius 2 is 1.71 bits per heavy atom. The minimum atomic E-state index is -0.825. The molecule has 2 aromatic carbocycles. The number of rotatable bonds is 7. The van der Waals surface area contributed by atoms with Gasteiger partial charge in [-0.15, -0.1) is 0 Å². The number of hydrogen-bond acceptors (Lipinski definition) is 4. The van der Waals surface area contributed by atoms with Crippen LogP contribution in [-0.4, -0.2) is 52.7 Å². The first-order valence-corrected chi connectivity index (χ1v) is 12.1. The molecule has 3 unspecified atom stereocenters. The highest BCUT2D eigenvalue weighted by Crippen LogP contribution is 2.45. The molecule has 0 radical (unpaired) electrons. The van der Waals surface area contributed by atoms with Gasteiger partial charge in [0.1, 0.15) is 6.61 Å². The van der Waals surface area contributed by atoms with Gasteiger partial charge in [-0.2, -0.15) is 0 Å². The molecule has 4 atom stereocenters. The van der Waals surface area contributed by atoms with Crippen LogP contribution < -0.4 is 5.32 Å². The van der Waals surface area contributed by atoms with Crippen LogP contribution in [0, 0.1) is 5.92 Å². The number of nitrogens with zero attached hydrogens (tertiary/aromatic N) is 1. The zero-order valence-corrected chi connectivity index (χ0v) is 19.3. The molecule has 178 valence electrons. The number of carbonyl (C=O) groups excluding carboxylic acids is 2. The van der Waals surface area contributed by atoms with Gasteiger partial charge in [-0.25, -0.2) is 4.79 Å². The van der Waals surface area contributed by atoms with Crippen molar-refractivity contribution in [1.82, 2.24) is 10.2 Å². The lowest BCUT2D eigenvalue weighted by Gasteiger charge is -2.26. The topological polar surface area (TPSA) is 95.9 Å². The molecule has 2 N–H and O–H groups in total. The average molecular weight is 463 g/mol. The molecule has 3 aliphatic rings. The van der Waals surface area contributed by atoms with E-state index in [9.17, 15) is 19.5 Å². The molecule has 0 saturated carbocycles. The van der Waals surface area contributed by atoms with Gasteiger partial charge in [-0.3, -0.25) is 9.59 Å². The molecular weight excluding hydrogens is 432 g/mol. The molecule has 2 aliphatic heterocycles. The average Bonchev–Trinajstić information content (AvgIpc) is 3.52. The Morgan fingerprint density at radius 3 is 2.29 bits per heavy atom. The van der Waals surface area contributed by atoms with E-state index in [0.29, 0.717) is 12.8 Å². The number of carbonyl (C=O) groups is 3. The van der Waals surface area contributed by atoms with E-state index in [4.69, 9.17) is 4.74 Å². The van der Waals surface area contributed by atoms with Crippen molar-refractivity contribution >= 4 is 18.0 Å². The smallest absolute Gasteiger partial charge is 0.407 e. The molecule has 2 bridgehead atoms. The van der Waals surface area contributed by atoms with E-state index in [-0.39, 0.29) is 43.0 Å². The zero-order chi connectivity index (χ0) is 23.8. The number of hydrogen-bond donors (Lipinski definition) is 2. The fourth-order valence-corrected chi connectivity index (χ4v) is 6.06. The molecule has 0 aromatic heterocycles. The maximum absolute atomic E-state index is 13.0. The summed E-state index contributed by atoms with van der Waals surface area (Å²) in [6, 6.07) is 15.8. The first-order valence-electron chi connectivity index (χ1n) is 12.1. The van der Waals surface area contributed by atoms with Gasteiger partial charge >= 0.3 is 12.1 Å². The van der Waals surface area contributed by atoms with E-state index >= 15 is 0 Å². The normalized spacial score (nSPS) is 23.3. The Hall–Kier alpha value is -3.35. The van der Waals surface area contributed by atoms with Crippen LogP contribution >= 0.6 is 0 Å². The van der Waals surface area contributed by atoms with E-state index in [1.165, 1.54) is 11.1 Å². The van der Waals surface area contributed by atoms with Gasteiger partial charge < -0.3 is 20.1 Å². The lowest BCUT2D eigenvalue weighted by molar-refractivity contribution is -0.143. The van der Waals surface area contributed by atoms with Crippen molar-refractivity contribution in [3.8, 4) is 11.1 Å². The third-order valence-corrected chi connectivity index (χ3v) is 7.72. The van der Waals surface area contributed by atoms with Crippen molar-refractivity contribution in [3.05, 3.63) is 59.7 Å². The van der Waals surface area contributed by atoms with E-state index in [0.717, 1.165) is 24.0 Å². The standard InChI is InChI=1S/C27H30N2O5/c1-2-16(13-25(30)29-17-11-12-24(29)22(14-17)26(31)32)28-27(33)34-15-23-20-9-5-3-7-18(20)19-8-4-6-10-21(19)23/h3-10,16-17,22-24H,2,11-15H2,1H3,(H,28,33)(H,31,32)/t16-,17?,22?,24?/m0/s1. The maximum Gasteiger partial charge on any atom is 0.407 e. The van der Waals surface area contributed by atoms with Crippen molar-refractivity contribution in [2.24, 2.45) is 5.92 Å². The zero-order valence-electron chi connectivity index (χ0n) is 19.3. The van der Waals surface area contributed by atoms with Crippen molar-refractivity contribution in [2.45, 2.75) is 63.1 Å². The lowest BCUT2D eigenvalue weighted by atomic mass is 9.89. The lowest BCUT2D eigenvalue weighted by Crippen LogP contribution is -2.43. The number of aliphatic carboxylic acids is 1. The number of carboxylic acids is 1. The number of carboxylic acid groups (broad SMARTS) is 1. The highest BCUT2D eigenvalue weighted by molar-refractivity contribution is 5.82. The molecule has 2 aromatic rings. The second-order valence-corrected chi connectivity index (χ2v) is 9.56. The number of nitrogens with one attached hydrogen (secondary N) is 1. The number of alkyl carbamates (subject to hydrolysis) is 1. The maximum atomic E-state index is 13.0. The third kappa shape index (κ3) is 3.93. The molecule has 2 amide bonds. The van der Waals surface area contributed by atoms with Crippen molar-refractivity contribution in [1.29, 1.82) is 0 Å². The predicted molar refractivity (Wildman–Crippen MR) is 126 cm³/mol. The van der Waals surface area contributed by atoms with Crippen LogP contribution in [0.1, 0.15) is 56.1 Å². The first-order chi connectivity index (χ1) is 16.5. The number of benzene rings is 2. The summed E-state index contributed by atoms with van der Waals surface area (Å²) in [5.41, 5.74) is 4.64. The predicted octanol–water partition coefficient (Wildman–Crippen LogP) is 4.16. The summed E-state index contributed by atoms with van der Waals surface area (Å²) < 4.78 is 5.63. The third-order valence-electron chi connectivity index (χ3n) is 7.72. The minimum Gasteiger partial charge on any atom is -0.481 e. The van der Waals surface area contributed by atoms with Crippen LogP contribution in [0.2, 0.25) is 0 Å². The van der Waals surface area contributed by atoms with Gasteiger partial charge in [0.05, 0.1) is 5.92 Å². The summed E-state index contributed by atoms with van der Waals surface area (Å²) in [6.45, 7) is 2.14. The minimum absolute atomic E-state index is 0.00515. The molecule has 7 heteroatoms. The van der Waals surface area contributed by atoms with Gasteiger partial charge in [-0.1, -0.05) is 55.5 Å². The van der Waals surface area contributed by atoms with E-state index in [2.05, 4.69) is 29.6 Å². The molecule has 2 heterocycles. The summed E-state index contributed by atoms with van der Waals surface area (Å²) in [6.07, 6.45) is 2.33. The molecule has 2 saturated heterocycles. The Labute approximate surface area is 199 Å². The number of ether oxygens (including phenoxy) is 1. The van der Waals surface area contributed by atoms with Crippen molar-refractivity contribution in [2.75, 3.05) is 6.61 Å². The first kappa shape index (κ1) is 22.4. The largest absolute Gasteiger partial charge is 0.481 e. The summed E-state index contributed by atoms with van der Waals surface area (Å²) in [4.78, 5) is 38.9. The Bertz CT molecular complexity index is 1070. The van der Waals surface area contributed by atoms with E-state index < -0.39 is 18.0 Å². The molecule has 7 nitrogen and oxygen atoms in total. The van der Waals surface area contributed by atoms with Crippen LogP contribution in [0.15, 0.2) is 48.5 Å². The Balaban J connectivity index is 1.19. The van der Waals surface area contributed by atoms with Crippen LogP contribution in [-0.2, 0) is 14.3 Å². The van der Waals surface area contributed by atoms with Crippen LogP contribution in [0.5, 0.6) is 0 Å². The monoisotopic (exact) mass is 462 g/mol. The van der Waals surface area contributed by atoms with Crippen LogP contribution in [0.25, 0.3) is 11.1 Å². The van der Waals surface area contributed by atoms with Crippen molar-refractivity contribution < 1.29 is 24.2 Å². The summed E-state index contributed by atoms with van der Waals surface area (Å²) >= 11 is 0. The summed E-state index contributed by atoms with van der Waals surface area (Å²) in [7, 11) is 0. The Morgan fingerprint density at radius 1 is 1.06 bits per heavy atom. The van der Waals surface area contributed by atoms with E-state index in [1.54, 1.807) is 4.90 Å². The number of amides is 2. The quantitative estimate of drug-likeness (QED) is 0.644. The van der Waals surface area contributed by atoms with Crippen molar-refractivity contribution in [3.63, 3.8) is 0 Å². The summed E-state index contributed by atoms with van der Waals surface area (Å²) in [5.74, 6) is -1.40. The van der Waals surface area contributed by atoms with Crippen LogP contribution in [0.4, 0.5) is 4.79 Å². The van der Waals surface area contributed by atoms with E-state index in [1.807, 2.05) is 31.2 Å². The molecule has 2 fully saturated rings. The second kappa shape index (κ2) is 9.12. The van der Waals surface area contributed by atoms with Crippen LogP contribution in [0.3, 0.4) is 0 Å². The molecular formula is C27H30N2O5.